The highest BCUT2D eigenvalue weighted by Gasteiger charge is 2.27. The summed E-state index contributed by atoms with van der Waals surface area (Å²) < 4.78 is 0. The summed E-state index contributed by atoms with van der Waals surface area (Å²) >= 11 is 6.06. The Labute approximate surface area is 166 Å². The van der Waals surface area contributed by atoms with E-state index >= 15 is 0 Å². The molecule has 0 spiro atoms. The molecule has 1 atom stereocenters. The molecule has 1 aromatic carbocycles. The summed E-state index contributed by atoms with van der Waals surface area (Å²) in [6.45, 7) is 3.08. The number of H-pyrrole nitrogens is 1. The molecule has 2 aromatic heterocycles. The minimum Gasteiger partial charge on any atom is -0.347 e. The van der Waals surface area contributed by atoms with Crippen LogP contribution in [-0.4, -0.2) is 46.0 Å². The molecule has 2 N–H and O–H groups in total. The van der Waals surface area contributed by atoms with Crippen LogP contribution in [0.15, 0.2) is 41.3 Å². The van der Waals surface area contributed by atoms with Gasteiger partial charge in [-0.05, 0) is 37.3 Å². The van der Waals surface area contributed by atoms with E-state index in [1.54, 1.807) is 53.4 Å². The summed E-state index contributed by atoms with van der Waals surface area (Å²) in [6.07, 6.45) is 1.59. The average molecular weight is 399 g/mol. The average Bonchev–Trinajstić information content (AvgIpc) is 3.00. The van der Waals surface area contributed by atoms with Gasteiger partial charge in [-0.3, -0.25) is 9.69 Å². The molecule has 1 fully saturated rings. The maximum absolute atomic E-state index is 12.5. The van der Waals surface area contributed by atoms with E-state index in [2.05, 4.69) is 20.3 Å². The van der Waals surface area contributed by atoms with Crippen LogP contribution in [-0.2, 0) is 0 Å². The van der Waals surface area contributed by atoms with Crippen molar-refractivity contribution in [2.24, 2.45) is 0 Å². The number of halogens is 1. The number of carbonyl (C=O) groups is 1. The summed E-state index contributed by atoms with van der Waals surface area (Å²) in [5.41, 5.74) is 1.07. The third kappa shape index (κ3) is 3.38. The number of benzene rings is 1. The second kappa shape index (κ2) is 7.12. The molecular formula is C19H19ClN6O2. The van der Waals surface area contributed by atoms with Crippen molar-refractivity contribution in [2.75, 3.05) is 30.4 Å². The monoisotopic (exact) mass is 398 g/mol. The van der Waals surface area contributed by atoms with Crippen LogP contribution >= 0.6 is 11.6 Å². The smallest absolute Gasteiger partial charge is 0.325 e. The molecule has 4 rings (SSSR count). The van der Waals surface area contributed by atoms with Crippen LogP contribution in [0.5, 0.6) is 0 Å². The Hall–Kier alpha value is -3.13. The Kier molecular flexibility index (Phi) is 4.64. The number of amides is 2. The molecule has 3 aromatic rings. The number of pyridine rings is 1. The molecule has 0 bridgehead atoms. The van der Waals surface area contributed by atoms with E-state index in [1.807, 2.05) is 6.92 Å². The minimum atomic E-state index is -0.348. The van der Waals surface area contributed by atoms with Crippen LogP contribution in [0.4, 0.5) is 16.6 Å². The predicted molar refractivity (Wildman–Crippen MR) is 109 cm³/mol. The molecule has 1 unspecified atom stereocenters. The summed E-state index contributed by atoms with van der Waals surface area (Å²) in [5.74, 6) is 0.871. The molecule has 0 radical (unpaired) electrons. The SMILES string of the molecule is CC(Nc1nccc(N2CCN(C)C2=O)n1)c1cc2cc(Cl)ccc2[nH]c1=O. The van der Waals surface area contributed by atoms with E-state index in [-0.39, 0.29) is 17.6 Å². The van der Waals surface area contributed by atoms with Crippen LogP contribution in [0.3, 0.4) is 0 Å². The third-order valence-corrected chi connectivity index (χ3v) is 5.02. The molecule has 144 valence electrons. The van der Waals surface area contributed by atoms with Crippen molar-refractivity contribution in [1.82, 2.24) is 19.9 Å². The van der Waals surface area contributed by atoms with Crippen LogP contribution in [0.1, 0.15) is 18.5 Å². The maximum atomic E-state index is 12.5. The number of hydrogen-bond acceptors (Lipinski definition) is 5. The van der Waals surface area contributed by atoms with Gasteiger partial charge in [-0.2, -0.15) is 4.98 Å². The summed E-state index contributed by atoms with van der Waals surface area (Å²) in [7, 11) is 1.75. The van der Waals surface area contributed by atoms with Gasteiger partial charge in [0.25, 0.3) is 5.56 Å². The Balaban J connectivity index is 1.60. The Morgan fingerprint density at radius 2 is 2.04 bits per heavy atom. The first-order chi connectivity index (χ1) is 13.4. The molecule has 8 nitrogen and oxygen atoms in total. The molecular weight excluding hydrogens is 380 g/mol. The molecule has 1 saturated heterocycles. The number of urea groups is 1. The van der Waals surface area contributed by atoms with Gasteiger partial charge in [-0.15, -0.1) is 0 Å². The standard InChI is InChI=1S/C19H19ClN6O2/c1-11(14-10-12-9-13(20)3-4-15(12)23-17(14)27)22-18-21-6-5-16(24-18)26-8-7-25(2)19(26)28/h3-6,9-11H,7-8H2,1-2H3,(H,23,27)(H,21,22,24). The lowest BCUT2D eigenvalue weighted by Gasteiger charge is -2.17. The molecule has 0 saturated carbocycles. The zero-order valence-electron chi connectivity index (χ0n) is 15.4. The van der Waals surface area contributed by atoms with Gasteiger partial charge in [0, 0.05) is 47.8 Å². The number of carbonyl (C=O) groups excluding carboxylic acids is 1. The van der Waals surface area contributed by atoms with E-state index in [1.165, 1.54) is 0 Å². The molecule has 3 heterocycles. The van der Waals surface area contributed by atoms with Crippen molar-refractivity contribution in [2.45, 2.75) is 13.0 Å². The molecule has 9 heteroatoms. The summed E-state index contributed by atoms with van der Waals surface area (Å²) in [6, 6.07) is 8.36. The van der Waals surface area contributed by atoms with Gasteiger partial charge >= 0.3 is 6.03 Å². The lowest BCUT2D eigenvalue weighted by Crippen LogP contribution is -2.30. The van der Waals surface area contributed by atoms with Gasteiger partial charge < -0.3 is 15.2 Å². The number of aromatic amines is 1. The fraction of sp³-hybridized carbons (Fsp3) is 0.263. The highest BCUT2D eigenvalue weighted by Crippen LogP contribution is 2.22. The normalized spacial score (nSPS) is 15.3. The highest BCUT2D eigenvalue weighted by atomic mass is 35.5. The van der Waals surface area contributed by atoms with Gasteiger partial charge in [0.15, 0.2) is 0 Å². The Morgan fingerprint density at radius 3 is 2.79 bits per heavy atom. The van der Waals surface area contributed by atoms with E-state index in [0.29, 0.717) is 35.4 Å². The number of rotatable bonds is 4. The van der Waals surface area contributed by atoms with Crippen molar-refractivity contribution in [3.63, 3.8) is 0 Å². The number of aromatic nitrogens is 3. The van der Waals surface area contributed by atoms with Gasteiger partial charge in [0.1, 0.15) is 5.82 Å². The molecule has 1 aliphatic heterocycles. The molecule has 1 aliphatic rings. The molecule has 2 amide bonds. The van der Waals surface area contributed by atoms with Gasteiger partial charge in [0.05, 0.1) is 6.04 Å². The Morgan fingerprint density at radius 1 is 1.21 bits per heavy atom. The lowest BCUT2D eigenvalue weighted by molar-refractivity contribution is 0.229. The number of nitrogens with one attached hydrogen (secondary N) is 2. The van der Waals surface area contributed by atoms with Crippen molar-refractivity contribution in [3.8, 4) is 0 Å². The van der Waals surface area contributed by atoms with Gasteiger partial charge in [-0.25, -0.2) is 9.78 Å². The van der Waals surface area contributed by atoms with Crippen LogP contribution in [0, 0.1) is 0 Å². The van der Waals surface area contributed by atoms with E-state index < -0.39 is 0 Å². The largest absolute Gasteiger partial charge is 0.347 e. The third-order valence-electron chi connectivity index (χ3n) is 4.78. The zero-order chi connectivity index (χ0) is 19.8. The fourth-order valence-electron chi connectivity index (χ4n) is 3.22. The first-order valence-electron chi connectivity index (χ1n) is 8.87. The van der Waals surface area contributed by atoms with E-state index in [4.69, 9.17) is 11.6 Å². The Bertz CT molecular complexity index is 1120. The van der Waals surface area contributed by atoms with E-state index in [0.717, 1.165) is 10.9 Å². The quantitative estimate of drug-likeness (QED) is 0.704. The number of nitrogens with zero attached hydrogens (tertiary/aromatic N) is 4. The second-order valence-electron chi connectivity index (χ2n) is 6.75. The predicted octanol–water partition coefficient (Wildman–Crippen LogP) is 3.02. The summed E-state index contributed by atoms with van der Waals surface area (Å²) in [4.78, 5) is 39.4. The second-order valence-corrected chi connectivity index (χ2v) is 7.18. The number of fused-ring (bicyclic) bond motifs is 1. The fourth-order valence-corrected chi connectivity index (χ4v) is 3.40. The number of hydrogen-bond donors (Lipinski definition) is 2. The van der Waals surface area contributed by atoms with Crippen LogP contribution < -0.4 is 15.8 Å². The molecule has 0 aliphatic carbocycles. The lowest BCUT2D eigenvalue weighted by atomic mass is 10.1. The zero-order valence-corrected chi connectivity index (χ0v) is 16.2. The topological polar surface area (TPSA) is 94.2 Å². The van der Waals surface area contributed by atoms with Gasteiger partial charge in [-0.1, -0.05) is 11.6 Å². The first kappa shape index (κ1) is 18.2. The number of anilines is 2. The summed E-state index contributed by atoms with van der Waals surface area (Å²) in [5, 5.41) is 4.58. The first-order valence-corrected chi connectivity index (χ1v) is 9.25. The minimum absolute atomic E-state index is 0.0967. The van der Waals surface area contributed by atoms with E-state index in [9.17, 15) is 9.59 Å². The van der Waals surface area contributed by atoms with Gasteiger partial charge in [0.2, 0.25) is 5.95 Å². The van der Waals surface area contributed by atoms with Crippen molar-refractivity contribution >= 4 is 40.3 Å². The van der Waals surface area contributed by atoms with Crippen molar-refractivity contribution < 1.29 is 4.79 Å². The number of likely N-dealkylation sites (N-methyl/N-ethyl adjacent to an activating group) is 1. The van der Waals surface area contributed by atoms with Crippen LogP contribution in [0.25, 0.3) is 10.9 Å². The highest BCUT2D eigenvalue weighted by molar-refractivity contribution is 6.31. The van der Waals surface area contributed by atoms with Crippen molar-refractivity contribution in [1.29, 1.82) is 0 Å². The van der Waals surface area contributed by atoms with Crippen LogP contribution in [0.2, 0.25) is 5.02 Å². The molecule has 28 heavy (non-hydrogen) atoms. The maximum Gasteiger partial charge on any atom is 0.325 e. The van der Waals surface area contributed by atoms with Crippen molar-refractivity contribution in [3.05, 3.63) is 57.5 Å².